The number of nitriles is 1. The van der Waals surface area contributed by atoms with Gasteiger partial charge in [0.05, 0.1) is 23.3 Å². The lowest BCUT2D eigenvalue weighted by atomic mass is 10.2. The fraction of sp³-hybridized carbons (Fsp3) is 0.417. The Morgan fingerprint density at radius 2 is 2.29 bits per heavy atom. The van der Waals surface area contributed by atoms with Crippen LogP contribution in [0.1, 0.15) is 5.56 Å². The highest BCUT2D eigenvalue weighted by atomic mass is 35.5. The van der Waals surface area contributed by atoms with Gasteiger partial charge in [-0.1, -0.05) is 11.6 Å². The predicted octanol–water partition coefficient (Wildman–Crippen LogP) is 1.66. The second kappa shape index (κ2) is 6.45. The molecule has 1 aromatic carbocycles. The van der Waals surface area contributed by atoms with E-state index in [-0.39, 0.29) is 6.61 Å². The fourth-order valence-corrected chi connectivity index (χ4v) is 1.72. The van der Waals surface area contributed by atoms with Crippen molar-refractivity contribution >= 4 is 17.3 Å². The van der Waals surface area contributed by atoms with Crippen molar-refractivity contribution in [2.45, 2.75) is 6.10 Å². The number of likely N-dealkylation sites (N-methyl/N-ethyl adjacent to an activating group) is 1. The molecule has 1 atom stereocenters. The van der Waals surface area contributed by atoms with Crippen molar-refractivity contribution in [1.82, 2.24) is 0 Å². The molecule has 1 unspecified atom stereocenters. The molecule has 5 heteroatoms. The lowest BCUT2D eigenvalue weighted by molar-refractivity contribution is 0.0695. The minimum Gasteiger partial charge on any atom is -0.389 e. The Morgan fingerprint density at radius 3 is 2.82 bits per heavy atom. The number of nitrogens with zero attached hydrogens (tertiary/aromatic N) is 2. The van der Waals surface area contributed by atoms with Crippen LogP contribution in [0.2, 0.25) is 5.02 Å². The number of halogens is 1. The molecule has 0 radical (unpaired) electrons. The quantitative estimate of drug-likeness (QED) is 0.868. The van der Waals surface area contributed by atoms with Crippen LogP contribution in [-0.2, 0) is 4.74 Å². The van der Waals surface area contributed by atoms with E-state index < -0.39 is 6.10 Å². The third kappa shape index (κ3) is 3.90. The molecule has 0 saturated heterocycles. The molecule has 92 valence electrons. The number of aliphatic hydroxyl groups is 1. The van der Waals surface area contributed by atoms with Crippen molar-refractivity contribution < 1.29 is 9.84 Å². The molecule has 0 aliphatic heterocycles. The van der Waals surface area contributed by atoms with E-state index in [4.69, 9.17) is 21.6 Å². The molecule has 0 amide bonds. The fourth-order valence-electron chi connectivity index (χ4n) is 1.50. The van der Waals surface area contributed by atoms with Crippen molar-refractivity contribution in [2.75, 3.05) is 32.2 Å². The Morgan fingerprint density at radius 1 is 1.59 bits per heavy atom. The largest absolute Gasteiger partial charge is 0.389 e. The van der Waals surface area contributed by atoms with Gasteiger partial charge in [-0.05, 0) is 18.2 Å². The van der Waals surface area contributed by atoms with Crippen LogP contribution in [0.3, 0.4) is 0 Å². The summed E-state index contributed by atoms with van der Waals surface area (Å²) >= 11 is 5.93. The minimum atomic E-state index is -0.556. The zero-order chi connectivity index (χ0) is 12.8. The molecule has 0 fully saturated rings. The van der Waals surface area contributed by atoms with E-state index in [0.29, 0.717) is 17.1 Å². The first kappa shape index (κ1) is 13.8. The molecule has 4 nitrogen and oxygen atoms in total. The Hall–Kier alpha value is -1.28. The molecule has 0 bridgehead atoms. The van der Waals surface area contributed by atoms with E-state index in [1.54, 1.807) is 25.3 Å². The van der Waals surface area contributed by atoms with E-state index in [1.165, 1.54) is 0 Å². The predicted molar refractivity (Wildman–Crippen MR) is 67.3 cm³/mol. The minimum absolute atomic E-state index is 0.286. The van der Waals surface area contributed by atoms with Crippen molar-refractivity contribution in [3.8, 4) is 6.07 Å². The van der Waals surface area contributed by atoms with Gasteiger partial charge in [0.1, 0.15) is 6.07 Å². The number of hydrogen-bond acceptors (Lipinski definition) is 4. The highest BCUT2D eigenvalue weighted by Gasteiger charge is 2.10. The SMILES string of the molecule is COCC(O)CN(C)c1ccc(C#N)c(Cl)c1. The number of rotatable bonds is 5. The van der Waals surface area contributed by atoms with Crippen molar-refractivity contribution in [3.05, 3.63) is 28.8 Å². The summed E-state index contributed by atoms with van der Waals surface area (Å²) in [6.07, 6.45) is -0.556. The molecule has 0 aliphatic rings. The van der Waals surface area contributed by atoms with Gasteiger partial charge < -0.3 is 14.7 Å². The summed E-state index contributed by atoms with van der Waals surface area (Å²) in [5.41, 5.74) is 1.30. The zero-order valence-electron chi connectivity index (χ0n) is 9.85. The summed E-state index contributed by atoms with van der Waals surface area (Å²) in [4.78, 5) is 1.86. The van der Waals surface area contributed by atoms with Crippen molar-refractivity contribution in [1.29, 1.82) is 5.26 Å². The summed E-state index contributed by atoms with van der Waals surface area (Å²) in [6.45, 7) is 0.727. The molecule has 0 aliphatic carbocycles. The van der Waals surface area contributed by atoms with Gasteiger partial charge in [0.15, 0.2) is 0 Å². The number of aliphatic hydroxyl groups excluding tert-OH is 1. The Labute approximate surface area is 106 Å². The molecule has 17 heavy (non-hydrogen) atoms. The van der Waals surface area contributed by atoms with Crippen LogP contribution >= 0.6 is 11.6 Å². The number of hydrogen-bond donors (Lipinski definition) is 1. The standard InChI is InChI=1S/C12H15ClN2O2/c1-15(7-11(16)8-17-2)10-4-3-9(6-14)12(13)5-10/h3-5,11,16H,7-8H2,1-2H3. The smallest absolute Gasteiger partial charge is 0.101 e. The van der Waals surface area contributed by atoms with E-state index in [1.807, 2.05) is 18.0 Å². The second-order valence-electron chi connectivity index (χ2n) is 3.77. The van der Waals surface area contributed by atoms with Crippen LogP contribution in [-0.4, -0.2) is 38.5 Å². The van der Waals surface area contributed by atoms with Gasteiger partial charge in [0, 0.05) is 26.4 Å². The van der Waals surface area contributed by atoms with Crippen LogP contribution in [0, 0.1) is 11.3 Å². The van der Waals surface area contributed by atoms with Gasteiger partial charge in [-0.25, -0.2) is 0 Å². The maximum atomic E-state index is 9.60. The maximum absolute atomic E-state index is 9.60. The van der Waals surface area contributed by atoms with Gasteiger partial charge in [-0.2, -0.15) is 5.26 Å². The van der Waals surface area contributed by atoms with Gasteiger partial charge in [-0.15, -0.1) is 0 Å². The highest BCUT2D eigenvalue weighted by Crippen LogP contribution is 2.22. The average molecular weight is 255 g/mol. The van der Waals surface area contributed by atoms with E-state index >= 15 is 0 Å². The van der Waals surface area contributed by atoms with Gasteiger partial charge in [0.2, 0.25) is 0 Å². The summed E-state index contributed by atoms with van der Waals surface area (Å²) in [5.74, 6) is 0. The summed E-state index contributed by atoms with van der Waals surface area (Å²) < 4.78 is 4.85. The Bertz CT molecular complexity index is 417. The summed E-state index contributed by atoms with van der Waals surface area (Å²) in [7, 11) is 3.39. The number of methoxy groups -OCH3 is 1. The summed E-state index contributed by atoms with van der Waals surface area (Å²) in [6, 6.07) is 7.17. The second-order valence-corrected chi connectivity index (χ2v) is 4.17. The third-order valence-electron chi connectivity index (χ3n) is 2.36. The molecule has 1 rings (SSSR count). The Kier molecular flexibility index (Phi) is 5.23. The number of benzene rings is 1. The monoisotopic (exact) mass is 254 g/mol. The number of anilines is 1. The first-order chi connectivity index (χ1) is 8.08. The molecule has 0 aromatic heterocycles. The van der Waals surface area contributed by atoms with E-state index in [9.17, 15) is 5.11 Å². The third-order valence-corrected chi connectivity index (χ3v) is 2.67. The molecule has 1 aromatic rings. The Balaban J connectivity index is 2.73. The first-order valence-corrected chi connectivity index (χ1v) is 5.54. The van der Waals surface area contributed by atoms with Gasteiger partial charge in [0.25, 0.3) is 0 Å². The lowest BCUT2D eigenvalue weighted by Gasteiger charge is -2.22. The number of ether oxygens (including phenoxy) is 1. The molecule has 0 heterocycles. The molecule has 1 N–H and O–H groups in total. The maximum Gasteiger partial charge on any atom is 0.101 e. The molecule has 0 spiro atoms. The van der Waals surface area contributed by atoms with Gasteiger partial charge in [-0.3, -0.25) is 0 Å². The van der Waals surface area contributed by atoms with Crippen molar-refractivity contribution in [3.63, 3.8) is 0 Å². The van der Waals surface area contributed by atoms with Crippen LogP contribution in [0.4, 0.5) is 5.69 Å². The zero-order valence-corrected chi connectivity index (χ0v) is 10.6. The highest BCUT2D eigenvalue weighted by molar-refractivity contribution is 6.32. The van der Waals surface area contributed by atoms with Crippen LogP contribution < -0.4 is 4.90 Å². The van der Waals surface area contributed by atoms with E-state index in [2.05, 4.69) is 0 Å². The normalized spacial score (nSPS) is 11.9. The van der Waals surface area contributed by atoms with Gasteiger partial charge >= 0.3 is 0 Å². The topological polar surface area (TPSA) is 56.5 Å². The lowest BCUT2D eigenvalue weighted by Crippen LogP contribution is -2.31. The van der Waals surface area contributed by atoms with Crippen LogP contribution in [0.15, 0.2) is 18.2 Å². The summed E-state index contributed by atoms with van der Waals surface area (Å²) in [5, 5.41) is 18.8. The molecule has 0 saturated carbocycles. The van der Waals surface area contributed by atoms with Crippen molar-refractivity contribution in [2.24, 2.45) is 0 Å². The van der Waals surface area contributed by atoms with E-state index in [0.717, 1.165) is 5.69 Å². The van der Waals surface area contributed by atoms with Crippen LogP contribution in [0.5, 0.6) is 0 Å². The first-order valence-electron chi connectivity index (χ1n) is 5.16. The average Bonchev–Trinajstić information content (AvgIpc) is 2.29. The van der Waals surface area contributed by atoms with Crippen LogP contribution in [0.25, 0.3) is 0 Å². The molecular weight excluding hydrogens is 240 g/mol. The molecular formula is C12H15ClN2O2.